The summed E-state index contributed by atoms with van der Waals surface area (Å²) in [6, 6.07) is 20.7. The molecule has 1 unspecified atom stereocenters. The van der Waals surface area contributed by atoms with E-state index in [9.17, 15) is 14.7 Å². The lowest BCUT2D eigenvalue weighted by Crippen LogP contribution is -2.31. The highest BCUT2D eigenvalue weighted by atomic mass is 35.5. The first-order valence-corrected chi connectivity index (χ1v) is 11.7. The lowest BCUT2D eigenvalue weighted by Gasteiger charge is -2.26. The van der Waals surface area contributed by atoms with Gasteiger partial charge in [-0.25, -0.2) is 0 Å². The van der Waals surface area contributed by atoms with Crippen LogP contribution in [0.2, 0.25) is 5.02 Å². The molecule has 1 fully saturated rings. The first-order chi connectivity index (χ1) is 16.9. The average molecular weight is 492 g/mol. The highest BCUT2D eigenvalue weighted by Crippen LogP contribution is 2.42. The van der Waals surface area contributed by atoms with Crippen molar-refractivity contribution in [3.8, 4) is 11.5 Å². The summed E-state index contributed by atoms with van der Waals surface area (Å²) in [6.07, 6.45) is 0.555. The van der Waals surface area contributed by atoms with Gasteiger partial charge in [-0.2, -0.15) is 0 Å². The number of aliphatic hydroxyl groups is 1. The fourth-order valence-corrected chi connectivity index (χ4v) is 4.37. The number of nitrogens with zero attached hydrogens (tertiary/aromatic N) is 1. The number of rotatable bonds is 8. The molecule has 0 bridgehead atoms. The number of Topliss-reactive ketones (excluding diaryl/α,β-unsaturated/α-hetero) is 1. The monoisotopic (exact) mass is 491 g/mol. The molecule has 1 saturated heterocycles. The van der Waals surface area contributed by atoms with E-state index in [4.69, 9.17) is 21.1 Å². The fourth-order valence-electron chi connectivity index (χ4n) is 4.24. The normalized spacial score (nSPS) is 17.0. The number of ether oxygens (including phenoxy) is 2. The smallest absolute Gasteiger partial charge is 0.295 e. The Labute approximate surface area is 209 Å². The van der Waals surface area contributed by atoms with Crippen LogP contribution in [-0.4, -0.2) is 42.0 Å². The molecule has 1 heterocycles. The molecule has 1 atom stereocenters. The van der Waals surface area contributed by atoms with Crippen molar-refractivity contribution in [2.45, 2.75) is 19.4 Å². The maximum atomic E-state index is 13.2. The summed E-state index contributed by atoms with van der Waals surface area (Å²) in [7, 11) is 1.53. The van der Waals surface area contributed by atoms with Crippen LogP contribution in [0, 0.1) is 0 Å². The van der Waals surface area contributed by atoms with Gasteiger partial charge in [-0.3, -0.25) is 9.59 Å². The van der Waals surface area contributed by atoms with E-state index in [-0.39, 0.29) is 11.3 Å². The van der Waals surface area contributed by atoms with Gasteiger partial charge in [0.05, 0.1) is 25.3 Å². The number of methoxy groups -OCH3 is 1. The number of likely N-dealkylation sites (tertiary alicyclic amines) is 1. The van der Waals surface area contributed by atoms with Crippen LogP contribution in [0.1, 0.15) is 29.7 Å². The summed E-state index contributed by atoms with van der Waals surface area (Å²) in [5.74, 6) is -0.611. The van der Waals surface area contributed by atoms with E-state index < -0.39 is 17.7 Å². The van der Waals surface area contributed by atoms with Crippen molar-refractivity contribution >= 4 is 29.1 Å². The van der Waals surface area contributed by atoms with E-state index in [0.717, 1.165) is 5.56 Å². The molecule has 4 rings (SSSR count). The van der Waals surface area contributed by atoms with Crippen LogP contribution < -0.4 is 9.47 Å². The van der Waals surface area contributed by atoms with Crippen LogP contribution in [0.15, 0.2) is 78.4 Å². The molecule has 3 aromatic carbocycles. The van der Waals surface area contributed by atoms with Crippen molar-refractivity contribution in [2.75, 3.05) is 20.3 Å². The summed E-state index contributed by atoms with van der Waals surface area (Å²) in [6.45, 7) is 2.63. The molecule has 180 valence electrons. The standard InChI is InChI=1S/C28H26ClNO5/c1-3-35-22-14-11-20(17-23(22)34-2)25-24(26(31)19-9-12-21(29)13-10-19)27(32)28(33)30(25)16-15-18-7-5-4-6-8-18/h4-14,17,25,31H,3,15-16H2,1-2H3/b26-24+. The molecule has 0 spiro atoms. The van der Waals surface area contributed by atoms with E-state index in [1.54, 1.807) is 42.5 Å². The van der Waals surface area contributed by atoms with Gasteiger partial charge in [-0.05, 0) is 60.9 Å². The van der Waals surface area contributed by atoms with Gasteiger partial charge in [0.25, 0.3) is 11.7 Å². The van der Waals surface area contributed by atoms with E-state index in [0.29, 0.717) is 47.2 Å². The molecule has 3 aromatic rings. The molecule has 1 amide bonds. The number of halogens is 1. The molecular formula is C28H26ClNO5. The minimum atomic E-state index is -0.793. The zero-order valence-electron chi connectivity index (χ0n) is 19.5. The first kappa shape index (κ1) is 24.4. The van der Waals surface area contributed by atoms with Gasteiger partial charge in [-0.15, -0.1) is 0 Å². The number of carbonyl (C=O) groups excluding carboxylic acids is 2. The van der Waals surface area contributed by atoms with Gasteiger partial charge in [-0.1, -0.05) is 48.0 Å². The van der Waals surface area contributed by atoms with Crippen LogP contribution in [0.3, 0.4) is 0 Å². The fraction of sp³-hybridized carbons (Fsp3) is 0.214. The Balaban J connectivity index is 1.81. The van der Waals surface area contributed by atoms with Crippen LogP contribution in [0.4, 0.5) is 0 Å². The lowest BCUT2D eigenvalue weighted by molar-refractivity contribution is -0.139. The van der Waals surface area contributed by atoms with E-state index >= 15 is 0 Å². The van der Waals surface area contributed by atoms with Gasteiger partial charge in [0.2, 0.25) is 0 Å². The molecule has 0 aromatic heterocycles. The van der Waals surface area contributed by atoms with Gasteiger partial charge in [0.1, 0.15) is 5.76 Å². The minimum Gasteiger partial charge on any atom is -0.507 e. The second kappa shape index (κ2) is 10.7. The number of carbonyl (C=O) groups is 2. The zero-order valence-corrected chi connectivity index (χ0v) is 20.3. The second-order valence-corrected chi connectivity index (χ2v) is 8.51. The summed E-state index contributed by atoms with van der Waals surface area (Å²) in [5.41, 5.74) is 2.10. The number of hydrogen-bond acceptors (Lipinski definition) is 5. The molecule has 35 heavy (non-hydrogen) atoms. The zero-order chi connectivity index (χ0) is 24.9. The predicted molar refractivity (Wildman–Crippen MR) is 135 cm³/mol. The summed E-state index contributed by atoms with van der Waals surface area (Å²) < 4.78 is 11.1. The van der Waals surface area contributed by atoms with Gasteiger partial charge >= 0.3 is 0 Å². The first-order valence-electron chi connectivity index (χ1n) is 11.3. The Kier molecular flexibility index (Phi) is 7.42. The number of ketones is 1. The predicted octanol–water partition coefficient (Wildman–Crippen LogP) is 5.41. The van der Waals surface area contributed by atoms with Crippen molar-refractivity contribution in [3.63, 3.8) is 0 Å². The van der Waals surface area contributed by atoms with Crippen LogP contribution in [-0.2, 0) is 16.0 Å². The number of hydrogen-bond donors (Lipinski definition) is 1. The molecule has 1 aliphatic rings. The Morgan fingerprint density at radius 1 is 1.00 bits per heavy atom. The van der Waals surface area contributed by atoms with Crippen molar-refractivity contribution in [2.24, 2.45) is 0 Å². The van der Waals surface area contributed by atoms with Crippen molar-refractivity contribution < 1.29 is 24.2 Å². The maximum absolute atomic E-state index is 13.2. The molecular weight excluding hydrogens is 466 g/mol. The van der Waals surface area contributed by atoms with E-state index in [1.807, 2.05) is 37.3 Å². The molecule has 6 nitrogen and oxygen atoms in total. The Hall–Kier alpha value is -3.77. The molecule has 0 aliphatic carbocycles. The van der Waals surface area contributed by atoms with Crippen LogP contribution >= 0.6 is 11.6 Å². The third-order valence-corrected chi connectivity index (χ3v) is 6.20. The number of aliphatic hydroxyl groups excluding tert-OH is 1. The summed E-state index contributed by atoms with van der Waals surface area (Å²) in [4.78, 5) is 27.9. The summed E-state index contributed by atoms with van der Waals surface area (Å²) >= 11 is 6.00. The Morgan fingerprint density at radius 3 is 2.37 bits per heavy atom. The van der Waals surface area contributed by atoms with Gasteiger partial charge in [0, 0.05) is 17.1 Å². The largest absolute Gasteiger partial charge is 0.507 e. The van der Waals surface area contributed by atoms with E-state index in [1.165, 1.54) is 12.0 Å². The van der Waals surface area contributed by atoms with Gasteiger partial charge < -0.3 is 19.5 Å². The van der Waals surface area contributed by atoms with Crippen molar-refractivity contribution in [1.82, 2.24) is 4.90 Å². The van der Waals surface area contributed by atoms with E-state index in [2.05, 4.69) is 0 Å². The Bertz CT molecular complexity index is 1250. The molecule has 0 saturated carbocycles. The number of benzene rings is 3. The number of amides is 1. The molecule has 7 heteroatoms. The molecule has 1 aliphatic heterocycles. The SMILES string of the molecule is CCOc1ccc(C2/C(=C(\O)c3ccc(Cl)cc3)C(=O)C(=O)N2CCc2ccccc2)cc1OC. The lowest BCUT2D eigenvalue weighted by atomic mass is 9.95. The van der Waals surface area contributed by atoms with Gasteiger partial charge in [0.15, 0.2) is 11.5 Å². The average Bonchev–Trinajstić information content (AvgIpc) is 3.13. The Morgan fingerprint density at radius 2 is 1.71 bits per heavy atom. The molecule has 0 radical (unpaired) electrons. The quantitative estimate of drug-likeness (QED) is 0.259. The highest BCUT2D eigenvalue weighted by Gasteiger charge is 2.46. The third kappa shape index (κ3) is 5.03. The van der Waals surface area contributed by atoms with Crippen LogP contribution in [0.5, 0.6) is 11.5 Å². The minimum absolute atomic E-state index is 0.0246. The topological polar surface area (TPSA) is 76.1 Å². The van der Waals surface area contributed by atoms with Crippen molar-refractivity contribution in [1.29, 1.82) is 0 Å². The second-order valence-electron chi connectivity index (χ2n) is 8.08. The summed E-state index contributed by atoms with van der Waals surface area (Å²) in [5, 5.41) is 11.7. The maximum Gasteiger partial charge on any atom is 0.295 e. The highest BCUT2D eigenvalue weighted by molar-refractivity contribution is 6.46. The third-order valence-electron chi connectivity index (χ3n) is 5.95. The molecule has 1 N–H and O–H groups in total. The van der Waals surface area contributed by atoms with Crippen molar-refractivity contribution in [3.05, 3.63) is 100 Å². The van der Waals surface area contributed by atoms with Crippen LogP contribution in [0.25, 0.3) is 5.76 Å².